The molecule has 1 aliphatic rings. The fourth-order valence-corrected chi connectivity index (χ4v) is 2.84. The van der Waals surface area contributed by atoms with Crippen LogP contribution in [0.25, 0.3) is 0 Å². The van der Waals surface area contributed by atoms with Crippen molar-refractivity contribution in [2.75, 3.05) is 29.9 Å². The summed E-state index contributed by atoms with van der Waals surface area (Å²) >= 11 is 0. The molecule has 0 fully saturated rings. The van der Waals surface area contributed by atoms with Gasteiger partial charge in [-0.1, -0.05) is 18.2 Å². The monoisotopic (exact) mass is 284 g/mol. The van der Waals surface area contributed by atoms with E-state index in [-0.39, 0.29) is 11.3 Å². The van der Waals surface area contributed by atoms with Crippen LogP contribution in [0.2, 0.25) is 0 Å². The Balaban J connectivity index is 2.17. The molecule has 0 amide bonds. The van der Waals surface area contributed by atoms with E-state index in [2.05, 4.69) is 4.90 Å². The lowest BCUT2D eigenvalue weighted by molar-refractivity contribution is 0.101. The van der Waals surface area contributed by atoms with Crippen LogP contribution in [0.5, 0.6) is 0 Å². The number of rotatable bonds is 2. The van der Waals surface area contributed by atoms with Gasteiger partial charge in [-0.15, -0.1) is 0 Å². The predicted octanol–water partition coefficient (Wildman–Crippen LogP) is 3.62. The normalized spacial score (nSPS) is 14.0. The molecule has 108 valence electrons. The number of likely N-dealkylation sites (N-methyl/N-ethyl adjacent to an activating group) is 1. The molecule has 2 aromatic carbocycles. The summed E-state index contributed by atoms with van der Waals surface area (Å²) in [5.41, 5.74) is 2.89. The number of carbonyl (C=O) groups is 1. The van der Waals surface area contributed by atoms with Crippen LogP contribution in [0.4, 0.5) is 21.5 Å². The van der Waals surface area contributed by atoms with E-state index >= 15 is 0 Å². The van der Waals surface area contributed by atoms with Gasteiger partial charge in [0.05, 0.1) is 22.6 Å². The minimum Gasteiger partial charge on any atom is -0.371 e. The van der Waals surface area contributed by atoms with E-state index in [4.69, 9.17) is 0 Å². The molecule has 0 unspecified atom stereocenters. The maximum Gasteiger partial charge on any atom is 0.164 e. The van der Waals surface area contributed by atoms with Gasteiger partial charge >= 0.3 is 0 Å². The van der Waals surface area contributed by atoms with Gasteiger partial charge in [0.15, 0.2) is 5.78 Å². The fourth-order valence-electron chi connectivity index (χ4n) is 2.84. The number of benzene rings is 2. The number of halogens is 1. The first-order valence-corrected chi connectivity index (χ1v) is 6.96. The SMILES string of the molecule is CC(=O)c1c(F)cccc1N1CCN(C)c2ccccc21. The minimum absolute atomic E-state index is 0.164. The highest BCUT2D eigenvalue weighted by molar-refractivity contribution is 6.01. The molecule has 21 heavy (non-hydrogen) atoms. The highest BCUT2D eigenvalue weighted by atomic mass is 19.1. The van der Waals surface area contributed by atoms with Gasteiger partial charge in [0.1, 0.15) is 5.82 Å². The summed E-state index contributed by atoms with van der Waals surface area (Å²) in [6.45, 7) is 2.95. The van der Waals surface area contributed by atoms with Crippen molar-refractivity contribution in [3.8, 4) is 0 Å². The van der Waals surface area contributed by atoms with Gasteiger partial charge in [-0.2, -0.15) is 0 Å². The van der Waals surface area contributed by atoms with Gasteiger partial charge < -0.3 is 9.80 Å². The molecule has 0 saturated carbocycles. The van der Waals surface area contributed by atoms with Crippen LogP contribution in [0.1, 0.15) is 17.3 Å². The maximum absolute atomic E-state index is 14.1. The lowest BCUT2D eigenvalue weighted by Gasteiger charge is -2.37. The van der Waals surface area contributed by atoms with Crippen LogP contribution in [0, 0.1) is 5.82 Å². The Kier molecular flexibility index (Phi) is 3.37. The number of para-hydroxylation sites is 2. The molecule has 3 rings (SSSR count). The molecular formula is C17H17FN2O. The highest BCUT2D eigenvalue weighted by Crippen LogP contribution is 2.38. The van der Waals surface area contributed by atoms with Crippen LogP contribution in [-0.2, 0) is 0 Å². The molecule has 1 heterocycles. The third-order valence-corrected chi connectivity index (χ3v) is 3.88. The lowest BCUT2D eigenvalue weighted by atomic mass is 10.1. The molecule has 2 aromatic rings. The average Bonchev–Trinajstić information content (AvgIpc) is 2.47. The summed E-state index contributed by atoms with van der Waals surface area (Å²) in [7, 11) is 2.04. The van der Waals surface area contributed by atoms with Crippen molar-refractivity contribution in [2.45, 2.75) is 6.92 Å². The summed E-state index contributed by atoms with van der Waals surface area (Å²) < 4.78 is 14.1. The Hall–Kier alpha value is -2.36. The summed E-state index contributed by atoms with van der Waals surface area (Å²) in [5.74, 6) is -0.712. The predicted molar refractivity (Wildman–Crippen MR) is 83.1 cm³/mol. The Morgan fingerprint density at radius 3 is 2.38 bits per heavy atom. The van der Waals surface area contributed by atoms with Crippen LogP contribution in [0.15, 0.2) is 42.5 Å². The van der Waals surface area contributed by atoms with Gasteiger partial charge in [-0.3, -0.25) is 4.79 Å². The Morgan fingerprint density at radius 2 is 1.67 bits per heavy atom. The Bertz CT molecular complexity index is 699. The van der Waals surface area contributed by atoms with Gasteiger partial charge in [0, 0.05) is 20.1 Å². The van der Waals surface area contributed by atoms with Gasteiger partial charge in [0.2, 0.25) is 0 Å². The highest BCUT2D eigenvalue weighted by Gasteiger charge is 2.25. The molecule has 3 nitrogen and oxygen atoms in total. The largest absolute Gasteiger partial charge is 0.371 e. The van der Waals surface area contributed by atoms with E-state index in [0.29, 0.717) is 5.69 Å². The zero-order chi connectivity index (χ0) is 15.0. The maximum atomic E-state index is 14.1. The summed E-state index contributed by atoms with van der Waals surface area (Å²) in [6.07, 6.45) is 0. The minimum atomic E-state index is -0.462. The van der Waals surface area contributed by atoms with E-state index < -0.39 is 5.82 Å². The number of anilines is 3. The van der Waals surface area contributed by atoms with Crippen molar-refractivity contribution in [3.05, 3.63) is 53.8 Å². The average molecular weight is 284 g/mol. The second-order valence-electron chi connectivity index (χ2n) is 5.25. The molecular weight excluding hydrogens is 267 g/mol. The first-order chi connectivity index (χ1) is 10.1. The molecule has 0 spiro atoms. The summed E-state index contributed by atoms with van der Waals surface area (Å²) in [4.78, 5) is 16.0. The Morgan fingerprint density at radius 1 is 1.00 bits per heavy atom. The van der Waals surface area contributed by atoms with Crippen LogP contribution in [0.3, 0.4) is 0 Å². The number of fused-ring (bicyclic) bond motifs is 1. The number of hydrogen-bond acceptors (Lipinski definition) is 3. The van der Waals surface area contributed by atoms with E-state index in [0.717, 1.165) is 24.5 Å². The van der Waals surface area contributed by atoms with Crippen molar-refractivity contribution < 1.29 is 9.18 Å². The van der Waals surface area contributed by atoms with Gasteiger partial charge in [-0.25, -0.2) is 4.39 Å². The van der Waals surface area contributed by atoms with Crippen LogP contribution >= 0.6 is 0 Å². The van der Waals surface area contributed by atoms with E-state index in [9.17, 15) is 9.18 Å². The second-order valence-corrected chi connectivity index (χ2v) is 5.25. The first kappa shape index (κ1) is 13.6. The van der Waals surface area contributed by atoms with Crippen LogP contribution < -0.4 is 9.80 Å². The number of Topliss-reactive ketones (excluding diaryl/α,β-unsaturated/α-hetero) is 1. The zero-order valence-corrected chi connectivity index (χ0v) is 12.1. The van der Waals surface area contributed by atoms with Crippen LogP contribution in [-0.4, -0.2) is 25.9 Å². The fraction of sp³-hybridized carbons (Fsp3) is 0.235. The molecule has 0 saturated heterocycles. The molecule has 0 N–H and O–H groups in total. The quantitative estimate of drug-likeness (QED) is 0.787. The first-order valence-electron chi connectivity index (χ1n) is 6.96. The van der Waals surface area contributed by atoms with E-state index in [1.54, 1.807) is 6.07 Å². The standard InChI is InChI=1S/C17H17FN2O/c1-12(21)17-13(18)6-5-9-16(17)20-11-10-19(2)14-7-3-4-8-15(14)20/h3-9H,10-11H2,1-2H3. The Labute approximate surface area is 123 Å². The molecule has 0 bridgehead atoms. The molecule has 0 radical (unpaired) electrons. The summed E-state index contributed by atoms with van der Waals surface area (Å²) in [6, 6.07) is 12.8. The third-order valence-electron chi connectivity index (χ3n) is 3.88. The molecule has 1 aliphatic heterocycles. The molecule has 4 heteroatoms. The summed E-state index contributed by atoms with van der Waals surface area (Å²) in [5, 5.41) is 0. The van der Waals surface area contributed by atoms with Crippen molar-refractivity contribution >= 4 is 22.8 Å². The number of hydrogen-bond donors (Lipinski definition) is 0. The topological polar surface area (TPSA) is 23.6 Å². The van der Waals surface area contributed by atoms with Crippen molar-refractivity contribution in [2.24, 2.45) is 0 Å². The van der Waals surface area contributed by atoms with Gasteiger partial charge in [-0.05, 0) is 31.2 Å². The smallest absolute Gasteiger partial charge is 0.164 e. The van der Waals surface area contributed by atoms with Crippen molar-refractivity contribution in [3.63, 3.8) is 0 Å². The van der Waals surface area contributed by atoms with Crippen molar-refractivity contribution in [1.82, 2.24) is 0 Å². The van der Waals surface area contributed by atoms with Crippen molar-refractivity contribution in [1.29, 1.82) is 0 Å². The lowest BCUT2D eigenvalue weighted by Crippen LogP contribution is -2.37. The van der Waals surface area contributed by atoms with Gasteiger partial charge in [0.25, 0.3) is 0 Å². The molecule has 0 aliphatic carbocycles. The molecule has 0 atom stereocenters. The third kappa shape index (κ3) is 2.27. The van der Waals surface area contributed by atoms with E-state index in [1.165, 1.54) is 13.0 Å². The molecule has 0 aromatic heterocycles. The number of ketones is 1. The second kappa shape index (κ2) is 5.20. The van der Waals surface area contributed by atoms with E-state index in [1.807, 2.05) is 42.3 Å². The number of carbonyl (C=O) groups excluding carboxylic acids is 1. The zero-order valence-electron chi connectivity index (χ0n) is 12.1. The number of nitrogens with zero attached hydrogens (tertiary/aromatic N) is 2.